The first-order chi connectivity index (χ1) is 13.9. The average Bonchev–Trinajstić information content (AvgIpc) is 2.69. The van der Waals surface area contributed by atoms with Crippen molar-refractivity contribution in [1.29, 1.82) is 0 Å². The van der Waals surface area contributed by atoms with Gasteiger partial charge in [-0.2, -0.15) is 0 Å². The highest BCUT2D eigenvalue weighted by Crippen LogP contribution is 2.39. The highest BCUT2D eigenvalue weighted by Gasteiger charge is 2.50. The number of carbonyl (C=O) groups is 1. The van der Waals surface area contributed by atoms with E-state index >= 15 is 0 Å². The van der Waals surface area contributed by atoms with E-state index in [-0.39, 0.29) is 54.8 Å². The Morgan fingerprint density at radius 2 is 1.97 bits per heavy atom. The lowest BCUT2D eigenvalue weighted by molar-refractivity contribution is -0.131. The van der Waals surface area contributed by atoms with Gasteiger partial charge in [-0.15, -0.1) is 23.2 Å². The number of aliphatic hydroxyl groups is 1. The van der Waals surface area contributed by atoms with Crippen molar-refractivity contribution >= 4 is 29.1 Å². The summed E-state index contributed by atoms with van der Waals surface area (Å²) >= 11 is 13.1. The fourth-order valence-electron chi connectivity index (χ4n) is 5.49. The van der Waals surface area contributed by atoms with Crippen LogP contribution in [0.25, 0.3) is 0 Å². The molecule has 10 heteroatoms. The summed E-state index contributed by atoms with van der Waals surface area (Å²) < 4.78 is 25.8. The number of aliphatic hydroxyl groups excluding tert-OH is 1. The van der Waals surface area contributed by atoms with E-state index in [0.717, 1.165) is 19.5 Å². The number of amides is 1. The molecule has 2 saturated heterocycles. The number of fused-ring (bicyclic) bond motifs is 3. The Balaban J connectivity index is 1.48. The van der Waals surface area contributed by atoms with Crippen LogP contribution in [-0.2, 0) is 4.79 Å². The molecule has 0 aromatic carbocycles. The Morgan fingerprint density at radius 3 is 2.66 bits per heavy atom. The minimum Gasteiger partial charge on any atom is -0.387 e. The summed E-state index contributed by atoms with van der Waals surface area (Å²) in [6, 6.07) is -0.110. The fraction of sp³-hybridized carbons (Fsp3) is 0.842. The largest absolute Gasteiger partial charge is 0.387 e. The zero-order chi connectivity index (χ0) is 20.7. The maximum absolute atomic E-state index is 12.9. The van der Waals surface area contributed by atoms with Crippen molar-refractivity contribution in [2.45, 2.75) is 60.8 Å². The molecule has 1 amide bonds. The number of halogens is 4. The van der Waals surface area contributed by atoms with Gasteiger partial charge in [0.2, 0.25) is 5.91 Å². The number of nitrogens with one attached hydrogen (secondary N) is 4. The standard InChI is InChI=1S/C19H28Cl2F2N4O2/c20-11-5-8(16(28)17(22)23)6-12(21)15(11)27-18-9-1-4-25-19(29)14(9)10-7-24-3-2-13(10)26-18/h1,4,8-18,24,26-28H,2-3,5-7H2,(H,25,29)/t8?,9?,10?,11?,12?,13?,14?,15?,16-,18?/m1/s1. The lowest BCUT2D eigenvalue weighted by atomic mass is 9.69. The van der Waals surface area contributed by atoms with Gasteiger partial charge in [0.15, 0.2) is 0 Å². The molecule has 3 aliphatic heterocycles. The van der Waals surface area contributed by atoms with Crippen LogP contribution in [0.5, 0.6) is 0 Å². The fourth-order valence-corrected chi connectivity index (χ4v) is 6.52. The zero-order valence-electron chi connectivity index (χ0n) is 15.9. The first-order valence-corrected chi connectivity index (χ1v) is 11.2. The molecule has 0 spiro atoms. The van der Waals surface area contributed by atoms with Crippen molar-refractivity contribution in [1.82, 2.24) is 21.3 Å². The molecule has 164 valence electrons. The molecule has 4 rings (SSSR count). The zero-order valence-corrected chi connectivity index (χ0v) is 17.4. The van der Waals surface area contributed by atoms with Gasteiger partial charge < -0.3 is 15.7 Å². The molecule has 6 nitrogen and oxygen atoms in total. The average molecular weight is 453 g/mol. The normalized spacial score (nSPS) is 46.0. The maximum atomic E-state index is 12.9. The van der Waals surface area contributed by atoms with Crippen LogP contribution in [0.2, 0.25) is 0 Å². The third kappa shape index (κ3) is 4.29. The van der Waals surface area contributed by atoms with E-state index in [1.807, 2.05) is 6.08 Å². The minimum atomic E-state index is -2.80. The molecule has 0 aromatic rings. The lowest BCUT2D eigenvalue weighted by Crippen LogP contribution is -2.70. The van der Waals surface area contributed by atoms with E-state index in [1.54, 1.807) is 6.20 Å². The van der Waals surface area contributed by atoms with Crippen LogP contribution in [0.1, 0.15) is 19.3 Å². The van der Waals surface area contributed by atoms with Crippen LogP contribution in [0.4, 0.5) is 8.78 Å². The van der Waals surface area contributed by atoms with E-state index in [9.17, 15) is 18.7 Å². The monoisotopic (exact) mass is 452 g/mol. The number of hydrogen-bond donors (Lipinski definition) is 5. The van der Waals surface area contributed by atoms with Crippen LogP contribution in [0, 0.1) is 23.7 Å². The van der Waals surface area contributed by atoms with E-state index in [1.165, 1.54) is 0 Å². The Kier molecular flexibility index (Phi) is 6.68. The van der Waals surface area contributed by atoms with Crippen LogP contribution in [-0.4, -0.2) is 65.6 Å². The van der Waals surface area contributed by atoms with E-state index in [2.05, 4.69) is 21.3 Å². The first-order valence-electron chi connectivity index (χ1n) is 10.3. The number of carbonyl (C=O) groups excluding carboxylic acids is 1. The number of hydrogen-bond acceptors (Lipinski definition) is 5. The molecule has 29 heavy (non-hydrogen) atoms. The summed E-state index contributed by atoms with van der Waals surface area (Å²) in [5.74, 6) is -0.609. The predicted octanol–water partition coefficient (Wildman–Crippen LogP) is 0.979. The van der Waals surface area contributed by atoms with Gasteiger partial charge in [-0.1, -0.05) is 6.08 Å². The Labute approximate surface area is 179 Å². The summed E-state index contributed by atoms with van der Waals surface area (Å²) in [5, 5.41) is 22.1. The predicted molar refractivity (Wildman–Crippen MR) is 107 cm³/mol. The molecule has 3 fully saturated rings. The van der Waals surface area contributed by atoms with Crippen LogP contribution < -0.4 is 21.3 Å². The second kappa shape index (κ2) is 8.93. The Morgan fingerprint density at radius 1 is 1.24 bits per heavy atom. The molecule has 5 N–H and O–H groups in total. The van der Waals surface area contributed by atoms with Gasteiger partial charge >= 0.3 is 0 Å². The van der Waals surface area contributed by atoms with Crippen molar-refractivity contribution in [3.63, 3.8) is 0 Å². The quantitative estimate of drug-likeness (QED) is 0.410. The molecule has 0 bridgehead atoms. The van der Waals surface area contributed by atoms with Gasteiger partial charge in [0, 0.05) is 30.7 Å². The highest BCUT2D eigenvalue weighted by molar-refractivity contribution is 6.24. The lowest BCUT2D eigenvalue weighted by Gasteiger charge is -2.51. The molecule has 7 unspecified atom stereocenters. The Bertz CT molecular complexity index is 631. The third-order valence-corrected chi connectivity index (χ3v) is 7.88. The molecular weight excluding hydrogens is 425 g/mol. The molecule has 8 atom stereocenters. The topological polar surface area (TPSA) is 85.4 Å². The van der Waals surface area contributed by atoms with E-state index in [0.29, 0.717) is 0 Å². The van der Waals surface area contributed by atoms with Crippen LogP contribution in [0.15, 0.2) is 12.3 Å². The second-order valence-corrected chi connectivity index (χ2v) is 9.78. The molecule has 0 radical (unpaired) electrons. The SMILES string of the molecule is O=C1NC=CC2C(NC3C(Cl)CC([C@@H](O)C(F)F)CC3Cl)NC3CCNCC3C12. The summed E-state index contributed by atoms with van der Waals surface area (Å²) in [6.07, 6.45) is 0.429. The minimum absolute atomic E-state index is 0.0260. The highest BCUT2D eigenvalue weighted by atomic mass is 35.5. The van der Waals surface area contributed by atoms with Gasteiger partial charge in [0.25, 0.3) is 6.43 Å². The number of rotatable bonds is 4. The second-order valence-electron chi connectivity index (χ2n) is 8.66. The molecular formula is C19H28Cl2F2N4O2. The van der Waals surface area contributed by atoms with E-state index in [4.69, 9.17) is 23.2 Å². The van der Waals surface area contributed by atoms with Crippen molar-refractivity contribution < 1.29 is 18.7 Å². The molecule has 1 aliphatic carbocycles. The van der Waals surface area contributed by atoms with Crippen molar-refractivity contribution in [2.24, 2.45) is 23.7 Å². The molecule has 3 heterocycles. The maximum Gasteiger partial charge on any atom is 0.264 e. The number of alkyl halides is 4. The summed E-state index contributed by atoms with van der Waals surface area (Å²) in [4.78, 5) is 12.6. The summed E-state index contributed by atoms with van der Waals surface area (Å²) in [6.45, 7) is 1.68. The summed E-state index contributed by atoms with van der Waals surface area (Å²) in [5.41, 5.74) is 0. The van der Waals surface area contributed by atoms with Crippen molar-refractivity contribution in [2.75, 3.05) is 13.1 Å². The smallest absolute Gasteiger partial charge is 0.264 e. The molecule has 4 aliphatic rings. The van der Waals surface area contributed by atoms with Gasteiger partial charge in [0.05, 0.1) is 22.8 Å². The third-order valence-electron chi connectivity index (χ3n) is 6.98. The van der Waals surface area contributed by atoms with Gasteiger partial charge in [0.1, 0.15) is 6.10 Å². The number of piperidine rings is 2. The van der Waals surface area contributed by atoms with Crippen LogP contribution >= 0.6 is 23.2 Å². The molecule has 0 aromatic heterocycles. The van der Waals surface area contributed by atoms with Gasteiger partial charge in [-0.25, -0.2) is 8.78 Å². The van der Waals surface area contributed by atoms with Crippen molar-refractivity contribution in [3.05, 3.63) is 12.3 Å². The van der Waals surface area contributed by atoms with Gasteiger partial charge in [-0.05, 0) is 37.6 Å². The van der Waals surface area contributed by atoms with E-state index < -0.39 is 29.2 Å². The van der Waals surface area contributed by atoms with Crippen LogP contribution in [0.3, 0.4) is 0 Å². The molecule has 1 saturated carbocycles. The first kappa shape index (κ1) is 21.7. The Hall–Kier alpha value is -0.510. The van der Waals surface area contributed by atoms with Gasteiger partial charge in [-0.3, -0.25) is 15.4 Å². The van der Waals surface area contributed by atoms with Crippen molar-refractivity contribution in [3.8, 4) is 0 Å². The summed E-state index contributed by atoms with van der Waals surface area (Å²) in [7, 11) is 0.